The van der Waals surface area contributed by atoms with Crippen molar-refractivity contribution in [2.45, 2.75) is 83.4 Å². The van der Waals surface area contributed by atoms with Crippen LogP contribution in [0.4, 0.5) is 0 Å². The summed E-state index contributed by atoms with van der Waals surface area (Å²) in [5, 5.41) is 5.17. The first kappa shape index (κ1) is 20.4. The van der Waals surface area contributed by atoms with E-state index in [2.05, 4.69) is 81.4 Å². The smallest absolute Gasteiger partial charge is 0.104 e. The molecule has 0 amide bonds. The van der Waals surface area contributed by atoms with Crippen molar-refractivity contribution in [1.29, 1.82) is 0 Å². The van der Waals surface area contributed by atoms with E-state index in [9.17, 15) is 0 Å². The molecule has 3 heterocycles. The van der Waals surface area contributed by atoms with Gasteiger partial charge in [0, 0.05) is 0 Å². The average Bonchev–Trinajstić information content (AvgIpc) is 3.16. The third kappa shape index (κ3) is 3.27. The Hall–Kier alpha value is -1.54. The molecule has 0 atom stereocenters. The maximum Gasteiger partial charge on any atom is 0.176 e. The highest BCUT2D eigenvalue weighted by molar-refractivity contribution is 7.09. The molecule has 0 unspecified atom stereocenters. The molecule has 0 aromatic heterocycles. The second-order valence-electron chi connectivity index (χ2n) is 11.2. The van der Waals surface area contributed by atoms with Crippen LogP contribution in [0.5, 0.6) is 0 Å². The lowest BCUT2D eigenvalue weighted by Gasteiger charge is -2.44. The van der Waals surface area contributed by atoms with Gasteiger partial charge in [0.1, 0.15) is 8.07 Å². The Kier molecular flexibility index (Phi) is 5.34. The van der Waals surface area contributed by atoms with Crippen LogP contribution in [-0.4, -0.2) is 14.8 Å². The average molecular weight is 413 g/mol. The van der Waals surface area contributed by atoms with Crippen molar-refractivity contribution in [2.75, 3.05) is 0 Å². The van der Waals surface area contributed by atoms with E-state index < -0.39 is 8.07 Å². The monoisotopic (exact) mass is 412 g/mol. The Labute approximate surface area is 185 Å². The van der Waals surface area contributed by atoms with Crippen LogP contribution in [0, 0.1) is 5.41 Å². The van der Waals surface area contributed by atoms with Crippen LogP contribution in [0.3, 0.4) is 0 Å². The second-order valence-corrected chi connectivity index (χ2v) is 15.2. The van der Waals surface area contributed by atoms with E-state index in [1.807, 2.05) is 10.7 Å². The lowest BCUT2D eigenvalue weighted by molar-refractivity contribution is 0.444. The van der Waals surface area contributed by atoms with Gasteiger partial charge in [-0.2, -0.15) is 0 Å². The largest absolute Gasteiger partial charge is 0.176 e. The fourth-order valence-electron chi connectivity index (χ4n) is 7.74. The van der Waals surface area contributed by atoms with Crippen molar-refractivity contribution in [1.82, 2.24) is 0 Å². The van der Waals surface area contributed by atoms with Gasteiger partial charge < -0.3 is 0 Å². The molecule has 0 N–H and O–H groups in total. The number of fused-ring (bicyclic) bond motifs is 2. The van der Waals surface area contributed by atoms with Crippen LogP contribution in [0.2, 0.25) is 17.7 Å². The second kappa shape index (κ2) is 7.86. The molecule has 3 aliphatic heterocycles. The van der Waals surface area contributed by atoms with Crippen LogP contribution < -0.4 is 10.4 Å². The molecular formula is C28H37BSi. The van der Waals surface area contributed by atoms with Crippen LogP contribution in [0.15, 0.2) is 71.3 Å². The minimum Gasteiger partial charge on any atom is -0.104 e. The highest BCUT2D eigenvalue weighted by atomic mass is 28.3. The van der Waals surface area contributed by atoms with E-state index >= 15 is 0 Å². The number of hydrogen-bond acceptors (Lipinski definition) is 0. The van der Waals surface area contributed by atoms with Gasteiger partial charge in [0.05, 0.1) is 0 Å². The van der Waals surface area contributed by atoms with Crippen LogP contribution in [0.25, 0.3) is 0 Å². The molecule has 0 spiro atoms. The van der Waals surface area contributed by atoms with Gasteiger partial charge in [0.25, 0.3) is 0 Å². The summed E-state index contributed by atoms with van der Waals surface area (Å²) in [5.74, 6) is 1.92. The summed E-state index contributed by atoms with van der Waals surface area (Å²) in [6.45, 7) is 8.42. The van der Waals surface area contributed by atoms with Gasteiger partial charge in [-0.15, -0.1) is 5.47 Å². The molecule has 0 aliphatic carbocycles. The highest BCUT2D eigenvalue weighted by Crippen LogP contribution is 2.54. The number of rotatable bonds is 3. The van der Waals surface area contributed by atoms with Crippen molar-refractivity contribution in [2.24, 2.45) is 5.41 Å². The fourth-order valence-corrected chi connectivity index (χ4v) is 13.8. The molecule has 3 aliphatic rings. The van der Waals surface area contributed by atoms with Gasteiger partial charge >= 0.3 is 0 Å². The molecule has 0 saturated carbocycles. The quantitative estimate of drug-likeness (QED) is 0.494. The zero-order valence-corrected chi connectivity index (χ0v) is 20.2. The number of benzene rings is 2. The minimum absolute atomic E-state index is 0.232. The van der Waals surface area contributed by atoms with Crippen LogP contribution in [-0.2, 0) is 0 Å². The molecule has 0 nitrogen and oxygen atoms in total. The molecule has 2 saturated heterocycles. The Bertz CT molecular complexity index is 847. The molecule has 2 bridgehead atoms. The Morgan fingerprint density at radius 2 is 1.20 bits per heavy atom. The molecule has 0 radical (unpaired) electrons. The first-order valence-electron chi connectivity index (χ1n) is 12.4. The molecule has 2 fully saturated rings. The highest BCUT2D eigenvalue weighted by Gasteiger charge is 2.53. The van der Waals surface area contributed by atoms with E-state index in [-0.39, 0.29) is 5.41 Å². The Morgan fingerprint density at radius 1 is 0.733 bits per heavy atom. The zero-order chi connectivity index (χ0) is 20.8. The zero-order valence-electron chi connectivity index (χ0n) is 19.2. The van der Waals surface area contributed by atoms with Crippen molar-refractivity contribution < 1.29 is 0 Å². The number of allylic oxidation sites excluding steroid dienone is 2. The Balaban J connectivity index is 1.75. The van der Waals surface area contributed by atoms with Crippen molar-refractivity contribution in [3.05, 3.63) is 71.3 Å². The predicted octanol–water partition coefficient (Wildman–Crippen LogP) is 6.68. The van der Waals surface area contributed by atoms with E-state index in [1.165, 1.54) is 51.0 Å². The Morgan fingerprint density at radius 3 is 1.63 bits per heavy atom. The van der Waals surface area contributed by atoms with E-state index in [4.69, 9.17) is 0 Å². The molecule has 5 rings (SSSR count). The van der Waals surface area contributed by atoms with Crippen molar-refractivity contribution >= 4 is 25.2 Å². The third-order valence-corrected chi connectivity index (χ3v) is 14.1. The molecule has 2 heteroatoms. The molecule has 2 aromatic rings. The maximum atomic E-state index is 2.51. The summed E-state index contributed by atoms with van der Waals surface area (Å²) in [6, 6.07) is 24.7. The summed E-state index contributed by atoms with van der Waals surface area (Å²) < 4.78 is 0. The van der Waals surface area contributed by atoms with Gasteiger partial charge in [0.2, 0.25) is 0 Å². The third-order valence-electron chi connectivity index (χ3n) is 8.52. The van der Waals surface area contributed by atoms with Gasteiger partial charge in [-0.25, -0.2) is 0 Å². The van der Waals surface area contributed by atoms with Crippen LogP contribution >= 0.6 is 0 Å². The molecule has 2 aromatic carbocycles. The topological polar surface area (TPSA) is 0 Å². The van der Waals surface area contributed by atoms with Gasteiger partial charge in [0.15, 0.2) is 6.71 Å². The van der Waals surface area contributed by atoms with E-state index in [0.717, 1.165) is 18.3 Å². The summed E-state index contributed by atoms with van der Waals surface area (Å²) in [4.78, 5) is 0. The summed E-state index contributed by atoms with van der Waals surface area (Å²) in [7, 11) is -1.96. The SMILES string of the molecule is CC(C)(C)C1=C(B2C3CCCC2CCC3)CC[Si]1(c1ccccc1)c1ccccc1. The lowest BCUT2D eigenvalue weighted by atomic mass is 9.24. The van der Waals surface area contributed by atoms with Crippen molar-refractivity contribution in [3.63, 3.8) is 0 Å². The van der Waals surface area contributed by atoms with Crippen LogP contribution in [0.1, 0.15) is 65.7 Å². The fraction of sp³-hybridized carbons (Fsp3) is 0.500. The maximum absolute atomic E-state index is 2.51. The lowest BCUT2D eigenvalue weighted by Crippen LogP contribution is -2.60. The standard InChI is InChI=1S/C28H37BSi/c1-28(2,3)27-26(29-22-12-10-13-23(29)15-11-14-22)20-21-30(27,24-16-6-4-7-17-24)25-18-8-5-9-19-25/h4-9,16-19,22-23H,10-15,20-21H2,1-3H3. The van der Waals surface area contributed by atoms with Gasteiger partial charge in [-0.05, 0) is 28.3 Å². The first-order chi connectivity index (χ1) is 14.5. The normalized spacial score (nSPS) is 26.2. The summed E-state index contributed by atoms with van der Waals surface area (Å²) in [5.41, 5.74) is 2.16. The molecule has 156 valence electrons. The van der Waals surface area contributed by atoms with Gasteiger partial charge in [-0.3, -0.25) is 0 Å². The predicted molar refractivity (Wildman–Crippen MR) is 135 cm³/mol. The van der Waals surface area contributed by atoms with Gasteiger partial charge in [-0.1, -0.05) is 137 Å². The molecular weight excluding hydrogens is 375 g/mol. The van der Waals surface area contributed by atoms with Crippen molar-refractivity contribution in [3.8, 4) is 0 Å². The minimum atomic E-state index is -1.96. The first-order valence-corrected chi connectivity index (χ1v) is 14.6. The van der Waals surface area contributed by atoms with E-state index in [0.29, 0.717) is 0 Å². The summed E-state index contributed by atoms with van der Waals surface area (Å²) in [6.07, 6.45) is 10.2. The number of hydrogen-bond donors (Lipinski definition) is 0. The van der Waals surface area contributed by atoms with E-state index in [1.54, 1.807) is 10.4 Å². The summed E-state index contributed by atoms with van der Waals surface area (Å²) >= 11 is 0. The molecule has 30 heavy (non-hydrogen) atoms.